The topological polar surface area (TPSA) is 6.48 Å². The Balaban J connectivity index is 1.60. The number of hydrogen-bond acceptors (Lipinski definition) is 2. The van der Waals surface area contributed by atoms with Crippen LogP contribution in [0.1, 0.15) is 18.4 Å². The Morgan fingerprint density at radius 2 is 1.71 bits per heavy atom. The van der Waals surface area contributed by atoms with Gasteiger partial charge < -0.3 is 4.90 Å². The van der Waals surface area contributed by atoms with Crippen molar-refractivity contribution in [2.75, 3.05) is 26.7 Å². The molecule has 0 saturated carbocycles. The lowest BCUT2D eigenvalue weighted by Gasteiger charge is -2.39. The van der Waals surface area contributed by atoms with Crippen molar-refractivity contribution in [2.45, 2.75) is 31.3 Å². The van der Waals surface area contributed by atoms with Crippen LogP contribution < -0.4 is 0 Å². The van der Waals surface area contributed by atoms with E-state index in [1.54, 1.807) is 0 Å². The third-order valence-corrected chi connectivity index (χ3v) is 4.32. The van der Waals surface area contributed by atoms with Crippen molar-refractivity contribution in [3.8, 4) is 0 Å². The van der Waals surface area contributed by atoms with Gasteiger partial charge in [-0.2, -0.15) is 0 Å². The first-order valence-corrected chi connectivity index (χ1v) is 6.81. The second-order valence-electron chi connectivity index (χ2n) is 5.58. The lowest BCUT2D eigenvalue weighted by Crippen LogP contribution is -2.52. The molecule has 2 bridgehead atoms. The number of likely N-dealkylation sites (N-methyl/N-ethyl adjacent to an activating group) is 1. The van der Waals surface area contributed by atoms with E-state index in [9.17, 15) is 0 Å². The molecule has 17 heavy (non-hydrogen) atoms. The summed E-state index contributed by atoms with van der Waals surface area (Å²) in [6.45, 7) is 3.78. The largest absolute Gasteiger partial charge is 0.303 e. The molecule has 2 fully saturated rings. The second-order valence-corrected chi connectivity index (χ2v) is 5.58. The monoisotopic (exact) mass is 230 g/mol. The molecule has 1 aromatic rings. The minimum absolute atomic E-state index is 0.822. The summed E-state index contributed by atoms with van der Waals surface area (Å²) in [4.78, 5) is 5.26. The number of fused-ring (bicyclic) bond motifs is 2. The van der Waals surface area contributed by atoms with E-state index in [1.807, 2.05) is 0 Å². The zero-order valence-electron chi connectivity index (χ0n) is 10.7. The molecule has 0 N–H and O–H groups in total. The predicted molar refractivity (Wildman–Crippen MR) is 71.2 cm³/mol. The van der Waals surface area contributed by atoms with Crippen LogP contribution in [0.2, 0.25) is 0 Å². The fourth-order valence-electron chi connectivity index (χ4n) is 3.47. The van der Waals surface area contributed by atoms with Gasteiger partial charge in [-0.1, -0.05) is 30.3 Å². The van der Waals surface area contributed by atoms with Crippen LogP contribution in [0.5, 0.6) is 0 Å². The molecule has 2 unspecified atom stereocenters. The number of benzene rings is 1. The number of rotatable bonds is 3. The zero-order chi connectivity index (χ0) is 11.7. The molecule has 0 radical (unpaired) electrons. The maximum absolute atomic E-state index is 2.76. The van der Waals surface area contributed by atoms with Gasteiger partial charge in [-0.15, -0.1) is 0 Å². The van der Waals surface area contributed by atoms with Gasteiger partial charge >= 0.3 is 0 Å². The van der Waals surface area contributed by atoms with Crippen molar-refractivity contribution < 1.29 is 0 Å². The van der Waals surface area contributed by atoms with Gasteiger partial charge in [0.05, 0.1) is 0 Å². The summed E-state index contributed by atoms with van der Waals surface area (Å²) >= 11 is 0. The summed E-state index contributed by atoms with van der Waals surface area (Å²) in [5, 5.41) is 0. The van der Waals surface area contributed by atoms with E-state index in [2.05, 4.69) is 47.2 Å². The quantitative estimate of drug-likeness (QED) is 0.784. The summed E-state index contributed by atoms with van der Waals surface area (Å²) < 4.78 is 0. The van der Waals surface area contributed by atoms with Crippen LogP contribution in [0.25, 0.3) is 0 Å². The van der Waals surface area contributed by atoms with Crippen molar-refractivity contribution in [3.05, 3.63) is 35.9 Å². The van der Waals surface area contributed by atoms with E-state index >= 15 is 0 Å². The average Bonchev–Trinajstić information content (AvgIpc) is 2.59. The number of hydrogen-bond donors (Lipinski definition) is 0. The molecule has 2 heterocycles. The first-order valence-electron chi connectivity index (χ1n) is 6.81. The Labute approximate surface area is 104 Å². The molecule has 0 aliphatic carbocycles. The van der Waals surface area contributed by atoms with Crippen LogP contribution in [0.4, 0.5) is 0 Å². The van der Waals surface area contributed by atoms with Gasteiger partial charge in [0.25, 0.3) is 0 Å². The van der Waals surface area contributed by atoms with Crippen LogP contribution in [0.15, 0.2) is 30.3 Å². The molecule has 2 aliphatic heterocycles. The highest BCUT2D eigenvalue weighted by Crippen LogP contribution is 2.29. The maximum atomic E-state index is 2.76. The molecule has 2 saturated heterocycles. The molecule has 92 valence electrons. The first kappa shape index (κ1) is 11.2. The fourth-order valence-corrected chi connectivity index (χ4v) is 3.47. The standard InChI is InChI=1S/C15H22N2/c1-16-11-14-7-8-15(12-16)17(14)10-9-13-5-3-2-4-6-13/h2-6,14-15H,7-12H2,1H3. The maximum Gasteiger partial charge on any atom is 0.0227 e. The summed E-state index contributed by atoms with van der Waals surface area (Å²) in [6, 6.07) is 12.5. The van der Waals surface area contributed by atoms with Crippen LogP contribution in [0, 0.1) is 0 Å². The van der Waals surface area contributed by atoms with E-state index in [0.717, 1.165) is 12.1 Å². The van der Waals surface area contributed by atoms with Crippen molar-refractivity contribution >= 4 is 0 Å². The summed E-state index contributed by atoms with van der Waals surface area (Å²) in [5.41, 5.74) is 1.48. The van der Waals surface area contributed by atoms with Crippen LogP contribution in [0.3, 0.4) is 0 Å². The fraction of sp³-hybridized carbons (Fsp3) is 0.600. The van der Waals surface area contributed by atoms with Crippen LogP contribution >= 0.6 is 0 Å². The smallest absolute Gasteiger partial charge is 0.0227 e. The van der Waals surface area contributed by atoms with E-state index in [0.29, 0.717) is 0 Å². The van der Waals surface area contributed by atoms with Crippen LogP contribution in [-0.4, -0.2) is 48.6 Å². The van der Waals surface area contributed by atoms with Gasteiger partial charge in [0.2, 0.25) is 0 Å². The lowest BCUT2D eigenvalue weighted by molar-refractivity contribution is 0.0837. The third-order valence-electron chi connectivity index (χ3n) is 4.32. The Morgan fingerprint density at radius 1 is 1.06 bits per heavy atom. The number of likely N-dealkylation sites (tertiary alicyclic amines) is 1. The average molecular weight is 230 g/mol. The predicted octanol–water partition coefficient (Wildman–Crippen LogP) is 2.01. The van der Waals surface area contributed by atoms with E-state index in [-0.39, 0.29) is 0 Å². The molecule has 2 nitrogen and oxygen atoms in total. The zero-order valence-corrected chi connectivity index (χ0v) is 10.7. The molecule has 2 aliphatic rings. The number of piperazine rings is 1. The van der Waals surface area contributed by atoms with Gasteiger partial charge in [0, 0.05) is 31.7 Å². The highest BCUT2D eigenvalue weighted by Gasteiger charge is 2.37. The normalized spacial score (nSPS) is 29.7. The van der Waals surface area contributed by atoms with Gasteiger partial charge in [-0.25, -0.2) is 0 Å². The summed E-state index contributed by atoms with van der Waals surface area (Å²) in [7, 11) is 2.26. The molecule has 0 amide bonds. The van der Waals surface area contributed by atoms with E-state index < -0.39 is 0 Å². The minimum atomic E-state index is 0.822. The number of nitrogens with zero attached hydrogens (tertiary/aromatic N) is 2. The molecule has 2 heteroatoms. The van der Waals surface area contributed by atoms with Gasteiger partial charge in [0.1, 0.15) is 0 Å². The van der Waals surface area contributed by atoms with Crippen LogP contribution in [-0.2, 0) is 6.42 Å². The van der Waals surface area contributed by atoms with Crippen molar-refractivity contribution in [2.24, 2.45) is 0 Å². The van der Waals surface area contributed by atoms with Crippen molar-refractivity contribution in [1.29, 1.82) is 0 Å². The minimum Gasteiger partial charge on any atom is -0.303 e. The Bertz CT molecular complexity index is 348. The Hall–Kier alpha value is -0.860. The second kappa shape index (κ2) is 4.79. The molecule has 0 aromatic heterocycles. The Morgan fingerprint density at radius 3 is 2.35 bits per heavy atom. The first-order chi connectivity index (χ1) is 8.33. The molecule has 3 rings (SSSR count). The summed E-state index contributed by atoms with van der Waals surface area (Å²) in [5.74, 6) is 0. The molecule has 0 spiro atoms. The van der Waals surface area contributed by atoms with Gasteiger partial charge in [-0.3, -0.25) is 4.90 Å². The molecule has 2 atom stereocenters. The lowest BCUT2D eigenvalue weighted by atomic mass is 10.1. The Kier molecular flexibility index (Phi) is 3.17. The van der Waals surface area contributed by atoms with Crippen molar-refractivity contribution in [1.82, 2.24) is 9.80 Å². The van der Waals surface area contributed by atoms with E-state index in [1.165, 1.54) is 44.5 Å². The highest BCUT2D eigenvalue weighted by atomic mass is 15.3. The van der Waals surface area contributed by atoms with Gasteiger partial charge in [0.15, 0.2) is 0 Å². The molecule has 1 aromatic carbocycles. The highest BCUT2D eigenvalue weighted by molar-refractivity contribution is 5.15. The van der Waals surface area contributed by atoms with Gasteiger partial charge in [-0.05, 0) is 31.9 Å². The molecular formula is C15H22N2. The molecular weight excluding hydrogens is 208 g/mol. The van der Waals surface area contributed by atoms with E-state index in [4.69, 9.17) is 0 Å². The SMILES string of the molecule is CN1CC2CCC(C1)N2CCc1ccccc1. The third kappa shape index (κ3) is 2.38. The van der Waals surface area contributed by atoms with Crippen molar-refractivity contribution in [3.63, 3.8) is 0 Å². The summed E-state index contributed by atoms with van der Waals surface area (Å²) in [6.07, 6.45) is 4.02.